The number of nitrogens with one attached hydrogen (secondary N) is 3. The number of nitrogens with zero attached hydrogens (tertiary/aromatic N) is 3. The number of carbonyl (C=O) groups excluding carboxylic acids is 5. The fourth-order valence-electron chi connectivity index (χ4n) is 8.42. The van der Waals surface area contributed by atoms with Gasteiger partial charge in [0.15, 0.2) is 0 Å². The maximum atomic E-state index is 15.1. The SMILES string of the molecule is C=CC1CC1(NC(=O)C1CC2CN1C(=O)C(C1CCCCC1)NC(=O)C(NC(=O)OC(C)(C)C)COC/C=C\c1cc3c(nccc3cc1OC)O2)C(=O)[N-]S(=O)(=O)C1CC1.[K+]. The van der Waals surface area contributed by atoms with E-state index in [2.05, 4.69) is 32.2 Å². The molecule has 4 fully saturated rings. The van der Waals surface area contributed by atoms with Gasteiger partial charge in [0.2, 0.25) is 23.6 Å². The Hall–Kier alpha value is -3.59. The summed E-state index contributed by atoms with van der Waals surface area (Å²) in [6.07, 6.45) is 9.65. The molecular formula is C43H55KN6O11S. The van der Waals surface area contributed by atoms with Gasteiger partial charge < -0.3 is 49.3 Å². The summed E-state index contributed by atoms with van der Waals surface area (Å²) in [7, 11) is -2.52. The largest absolute Gasteiger partial charge is 1.00 e. The van der Waals surface area contributed by atoms with Gasteiger partial charge >= 0.3 is 57.5 Å². The summed E-state index contributed by atoms with van der Waals surface area (Å²) in [6.45, 7) is 8.55. The van der Waals surface area contributed by atoms with Crippen LogP contribution in [0, 0.1) is 11.8 Å². The van der Waals surface area contributed by atoms with E-state index in [-0.39, 0.29) is 95.8 Å². The first-order valence-electron chi connectivity index (χ1n) is 21.0. The molecule has 62 heavy (non-hydrogen) atoms. The Morgan fingerprint density at radius 2 is 1.85 bits per heavy atom. The molecule has 330 valence electrons. The third-order valence-electron chi connectivity index (χ3n) is 11.9. The van der Waals surface area contributed by atoms with Gasteiger partial charge in [-0.3, -0.25) is 14.4 Å². The molecule has 2 aromatic rings. The second-order valence-electron chi connectivity index (χ2n) is 17.6. The molecule has 3 heterocycles. The van der Waals surface area contributed by atoms with Crippen molar-refractivity contribution in [1.29, 1.82) is 0 Å². The van der Waals surface area contributed by atoms with Gasteiger partial charge in [0.25, 0.3) is 0 Å². The van der Waals surface area contributed by atoms with Gasteiger partial charge in [0, 0.05) is 34.7 Å². The van der Waals surface area contributed by atoms with E-state index in [9.17, 15) is 27.6 Å². The number of methoxy groups -OCH3 is 1. The van der Waals surface area contributed by atoms with Crippen LogP contribution in [0.4, 0.5) is 4.79 Å². The van der Waals surface area contributed by atoms with Crippen LogP contribution in [0.15, 0.2) is 43.1 Å². The number of ether oxygens (including phenoxy) is 4. The summed E-state index contributed by atoms with van der Waals surface area (Å²) in [5, 5.41) is 9.00. The molecule has 4 bridgehead atoms. The Labute approximate surface area is 404 Å². The summed E-state index contributed by atoms with van der Waals surface area (Å²) in [6, 6.07) is 1.87. The molecule has 1 aromatic carbocycles. The van der Waals surface area contributed by atoms with Crippen molar-refractivity contribution in [1.82, 2.24) is 25.8 Å². The number of alkyl carbamates (subject to hydrolysis) is 1. The number of amides is 5. The number of benzene rings is 1. The van der Waals surface area contributed by atoms with E-state index in [0.717, 1.165) is 24.6 Å². The van der Waals surface area contributed by atoms with Gasteiger partial charge in [0.1, 0.15) is 35.6 Å². The molecule has 3 aliphatic carbocycles. The Morgan fingerprint density at radius 3 is 2.52 bits per heavy atom. The van der Waals surface area contributed by atoms with Gasteiger partial charge in [-0.25, -0.2) is 18.2 Å². The maximum Gasteiger partial charge on any atom is 1.00 e. The Kier molecular flexibility index (Phi) is 15.2. The van der Waals surface area contributed by atoms with Gasteiger partial charge in [-0.2, -0.15) is 0 Å². The van der Waals surface area contributed by atoms with Crippen LogP contribution in [0.3, 0.4) is 0 Å². The predicted molar refractivity (Wildman–Crippen MR) is 224 cm³/mol. The molecule has 2 aliphatic heterocycles. The molecule has 3 saturated carbocycles. The van der Waals surface area contributed by atoms with E-state index >= 15 is 4.79 Å². The minimum Gasteiger partial charge on any atom is -0.544 e. The maximum absolute atomic E-state index is 15.1. The molecule has 6 atom stereocenters. The molecule has 1 aromatic heterocycles. The molecule has 6 unspecified atom stereocenters. The van der Waals surface area contributed by atoms with E-state index in [1.165, 1.54) is 11.0 Å². The number of hydrogen-bond acceptors (Lipinski definition) is 12. The zero-order chi connectivity index (χ0) is 43.7. The second kappa shape index (κ2) is 19.7. The Morgan fingerprint density at radius 1 is 1.11 bits per heavy atom. The summed E-state index contributed by atoms with van der Waals surface area (Å²) in [5.74, 6) is -3.03. The van der Waals surface area contributed by atoms with Crippen LogP contribution in [0.25, 0.3) is 21.6 Å². The summed E-state index contributed by atoms with van der Waals surface area (Å²) in [4.78, 5) is 76.5. The monoisotopic (exact) mass is 902 g/mol. The van der Waals surface area contributed by atoms with Crippen molar-refractivity contribution < 1.29 is 103 Å². The van der Waals surface area contributed by atoms with Gasteiger partial charge in [-0.1, -0.05) is 37.5 Å². The molecule has 0 spiro atoms. The average molecular weight is 903 g/mol. The van der Waals surface area contributed by atoms with Gasteiger partial charge in [0.05, 0.1) is 48.3 Å². The zero-order valence-corrected chi connectivity index (χ0v) is 40.0. The number of hydrogen-bond donors (Lipinski definition) is 3. The molecular weight excluding hydrogens is 848 g/mol. The fraction of sp³-hybridized carbons (Fsp3) is 0.581. The normalized spacial score (nSPS) is 27.6. The predicted octanol–water partition coefficient (Wildman–Crippen LogP) is 1.05. The number of rotatable bonds is 9. The Bertz CT molecular complexity index is 2210. The number of aromatic nitrogens is 1. The van der Waals surface area contributed by atoms with Crippen LogP contribution < -0.4 is 76.8 Å². The van der Waals surface area contributed by atoms with E-state index in [1.54, 1.807) is 52.3 Å². The molecule has 0 radical (unpaired) electrons. The average Bonchev–Trinajstić information content (AvgIpc) is 4.15. The molecule has 7 rings (SSSR count). The number of fused-ring (bicyclic) bond motifs is 3. The van der Waals surface area contributed by atoms with Crippen LogP contribution in [-0.4, -0.2) is 116 Å². The number of pyridine rings is 1. The third kappa shape index (κ3) is 11.0. The first-order valence-corrected chi connectivity index (χ1v) is 22.5. The molecule has 5 aliphatic rings. The van der Waals surface area contributed by atoms with Gasteiger partial charge in [-0.05, 0) is 82.4 Å². The standard InChI is InChI=1S/C43H56N6O11S.K/c1-6-28-22-43(28,40(53)48-61(55,56)30-14-15-30)47-37(51)33-21-29-23-49(33)39(52)35(25-11-8-7-9-12-25)46-36(50)32(45-41(54)60-42(2,3)4)24-58-18-10-13-27-19-31-26(20-34(27)57-5)16-17-44-38(31)59-29;/h6,10,13,16-17,19-20,25,28-30,32-33,35H,1,7-9,11-12,14-15,18,21-24H2,2-5H3,(H4,45,46,47,48,50,51,53,54);/q;+1/p-1/b13-10-;. The quantitative estimate of drug-likeness (QED) is 0.238. The smallest absolute Gasteiger partial charge is 0.544 e. The minimum atomic E-state index is -4.07. The summed E-state index contributed by atoms with van der Waals surface area (Å²) >= 11 is 0. The van der Waals surface area contributed by atoms with Gasteiger partial charge in [-0.15, -0.1) is 6.58 Å². The van der Waals surface area contributed by atoms with Crippen LogP contribution in [-0.2, 0) is 38.7 Å². The van der Waals surface area contributed by atoms with Crippen molar-refractivity contribution in [3.8, 4) is 11.6 Å². The second-order valence-corrected chi connectivity index (χ2v) is 19.4. The summed E-state index contributed by atoms with van der Waals surface area (Å²) < 4.78 is 52.8. The third-order valence-corrected chi connectivity index (χ3v) is 13.6. The van der Waals surface area contributed by atoms with Crippen LogP contribution in [0.1, 0.15) is 84.1 Å². The van der Waals surface area contributed by atoms with Crippen molar-refractivity contribution in [2.45, 2.75) is 119 Å². The first kappa shape index (κ1) is 47.9. The van der Waals surface area contributed by atoms with Crippen LogP contribution >= 0.6 is 0 Å². The van der Waals surface area contributed by atoms with Crippen molar-refractivity contribution in [2.75, 3.05) is 26.9 Å². The topological polar surface area (TPSA) is 223 Å². The summed E-state index contributed by atoms with van der Waals surface area (Å²) in [5.41, 5.74) is -1.86. The fourth-order valence-corrected chi connectivity index (χ4v) is 9.70. The van der Waals surface area contributed by atoms with E-state index in [0.29, 0.717) is 42.4 Å². The molecule has 3 N–H and O–H groups in total. The van der Waals surface area contributed by atoms with Crippen LogP contribution in [0.2, 0.25) is 0 Å². The van der Waals surface area contributed by atoms with E-state index in [4.69, 9.17) is 18.9 Å². The Balaban J connectivity index is 0.00000641. The van der Waals surface area contributed by atoms with Crippen molar-refractivity contribution in [3.05, 3.63) is 53.4 Å². The zero-order valence-electron chi connectivity index (χ0n) is 36.0. The molecule has 17 nitrogen and oxygen atoms in total. The number of sulfonamides is 1. The number of carbonyl (C=O) groups is 5. The van der Waals surface area contributed by atoms with Crippen LogP contribution in [0.5, 0.6) is 11.6 Å². The first-order chi connectivity index (χ1) is 29.0. The molecule has 5 amide bonds. The van der Waals surface area contributed by atoms with E-state index in [1.807, 2.05) is 12.1 Å². The minimum absolute atomic E-state index is 0. The molecule has 19 heteroatoms. The van der Waals surface area contributed by atoms with E-state index < -0.39 is 86.3 Å². The van der Waals surface area contributed by atoms with Crippen molar-refractivity contribution >= 4 is 56.6 Å². The van der Waals surface area contributed by atoms with Crippen molar-refractivity contribution in [3.63, 3.8) is 0 Å². The van der Waals surface area contributed by atoms with Crippen molar-refractivity contribution in [2.24, 2.45) is 11.8 Å². The molecule has 1 saturated heterocycles.